The third kappa shape index (κ3) is 4.14. The van der Waals surface area contributed by atoms with Crippen LogP contribution in [0.3, 0.4) is 0 Å². The van der Waals surface area contributed by atoms with Crippen molar-refractivity contribution in [3.63, 3.8) is 0 Å². The summed E-state index contributed by atoms with van der Waals surface area (Å²) in [6.45, 7) is 3.44. The summed E-state index contributed by atoms with van der Waals surface area (Å²) in [5.41, 5.74) is 2.48. The molecule has 1 N–H and O–H groups in total. The van der Waals surface area contributed by atoms with Gasteiger partial charge in [-0.3, -0.25) is 24.2 Å². The standard InChI is InChI=1S/C21H23N7O2/c1-2-12-27-17-8-3-4-9-18(17)28(21(27)30)13-10-19(29)24-20-23-15-26(25-20)14-16-7-5-6-11-22-16/h3-9,11,15H,2,10,12-14H2,1H3,(H,24,25,29). The second kappa shape index (κ2) is 8.73. The lowest BCUT2D eigenvalue weighted by molar-refractivity contribution is -0.116. The molecule has 30 heavy (non-hydrogen) atoms. The SMILES string of the molecule is CCCn1c(=O)n(CCC(=O)Nc2ncn(Cc3ccccn3)n2)c2ccccc21. The van der Waals surface area contributed by atoms with Gasteiger partial charge in [0.15, 0.2) is 0 Å². The van der Waals surface area contributed by atoms with Crippen molar-refractivity contribution in [3.8, 4) is 0 Å². The molecule has 0 aliphatic heterocycles. The minimum Gasteiger partial charge on any atom is -0.293 e. The van der Waals surface area contributed by atoms with Crippen LogP contribution in [0.4, 0.5) is 5.95 Å². The summed E-state index contributed by atoms with van der Waals surface area (Å²) in [5, 5.41) is 6.95. The van der Waals surface area contributed by atoms with Gasteiger partial charge in [-0.25, -0.2) is 14.5 Å². The number of nitrogens with one attached hydrogen (secondary N) is 1. The predicted octanol–water partition coefficient (Wildman–Crippen LogP) is 2.28. The molecular formula is C21H23N7O2. The monoisotopic (exact) mass is 405 g/mol. The van der Waals surface area contributed by atoms with Crippen molar-refractivity contribution in [3.05, 3.63) is 71.2 Å². The van der Waals surface area contributed by atoms with E-state index in [-0.39, 0.29) is 30.5 Å². The Morgan fingerprint density at radius 1 is 1.00 bits per heavy atom. The maximum absolute atomic E-state index is 12.8. The van der Waals surface area contributed by atoms with Gasteiger partial charge in [-0.05, 0) is 30.7 Å². The van der Waals surface area contributed by atoms with Gasteiger partial charge in [0.2, 0.25) is 11.9 Å². The Kier molecular flexibility index (Phi) is 5.69. The minimum atomic E-state index is -0.246. The summed E-state index contributed by atoms with van der Waals surface area (Å²) in [5.74, 6) is -0.0125. The molecule has 3 aromatic heterocycles. The second-order valence-corrected chi connectivity index (χ2v) is 6.96. The molecule has 1 amide bonds. The Hall–Kier alpha value is -3.75. The number of aryl methyl sites for hydroxylation is 2. The van der Waals surface area contributed by atoms with Gasteiger partial charge >= 0.3 is 5.69 Å². The van der Waals surface area contributed by atoms with Crippen LogP contribution in [0.1, 0.15) is 25.5 Å². The lowest BCUT2D eigenvalue weighted by atomic mass is 10.3. The van der Waals surface area contributed by atoms with Gasteiger partial charge in [0.25, 0.3) is 0 Å². The van der Waals surface area contributed by atoms with Crippen LogP contribution in [0.5, 0.6) is 0 Å². The maximum atomic E-state index is 12.8. The number of pyridine rings is 1. The van der Waals surface area contributed by atoms with E-state index in [0.29, 0.717) is 13.1 Å². The summed E-state index contributed by atoms with van der Waals surface area (Å²) in [6, 6.07) is 13.3. The number of imidazole rings is 1. The lowest BCUT2D eigenvalue weighted by Crippen LogP contribution is -2.26. The number of para-hydroxylation sites is 2. The number of nitrogens with zero attached hydrogens (tertiary/aromatic N) is 6. The number of hydrogen-bond acceptors (Lipinski definition) is 5. The lowest BCUT2D eigenvalue weighted by Gasteiger charge is -2.03. The molecule has 1 aromatic carbocycles. The van der Waals surface area contributed by atoms with Crippen molar-refractivity contribution >= 4 is 22.9 Å². The Balaban J connectivity index is 1.41. The van der Waals surface area contributed by atoms with Gasteiger partial charge in [-0.2, -0.15) is 0 Å². The largest absolute Gasteiger partial charge is 0.329 e. The predicted molar refractivity (Wildman–Crippen MR) is 113 cm³/mol. The quantitative estimate of drug-likeness (QED) is 0.485. The molecule has 0 aliphatic rings. The topological polar surface area (TPSA) is 99.6 Å². The molecule has 0 saturated heterocycles. The normalized spacial score (nSPS) is 11.1. The fourth-order valence-electron chi connectivity index (χ4n) is 3.41. The highest BCUT2D eigenvalue weighted by molar-refractivity contribution is 5.88. The molecule has 0 spiro atoms. The molecule has 3 heterocycles. The highest BCUT2D eigenvalue weighted by Gasteiger charge is 2.14. The van der Waals surface area contributed by atoms with Crippen molar-refractivity contribution in [1.29, 1.82) is 0 Å². The molecule has 0 radical (unpaired) electrons. The Labute approximate surface area is 173 Å². The number of carbonyl (C=O) groups excluding carboxylic acids is 1. The number of benzene rings is 1. The number of carbonyl (C=O) groups is 1. The molecule has 0 saturated carbocycles. The number of hydrogen-bond donors (Lipinski definition) is 1. The van der Waals surface area contributed by atoms with Crippen molar-refractivity contribution in [1.82, 2.24) is 28.9 Å². The van der Waals surface area contributed by atoms with Crippen LogP contribution in [0.25, 0.3) is 11.0 Å². The van der Waals surface area contributed by atoms with E-state index in [0.717, 1.165) is 23.1 Å². The minimum absolute atomic E-state index is 0.0939. The van der Waals surface area contributed by atoms with E-state index in [1.54, 1.807) is 26.3 Å². The second-order valence-electron chi connectivity index (χ2n) is 6.96. The van der Waals surface area contributed by atoms with Crippen molar-refractivity contribution in [2.75, 3.05) is 5.32 Å². The molecule has 0 fully saturated rings. The van der Waals surface area contributed by atoms with E-state index in [2.05, 4.69) is 20.4 Å². The smallest absolute Gasteiger partial charge is 0.293 e. The Morgan fingerprint density at radius 3 is 2.43 bits per heavy atom. The molecule has 9 heteroatoms. The fourth-order valence-corrected chi connectivity index (χ4v) is 3.41. The van der Waals surface area contributed by atoms with Crippen LogP contribution >= 0.6 is 0 Å². The Bertz CT molecular complexity index is 1210. The summed E-state index contributed by atoms with van der Waals surface area (Å²) in [6.07, 6.45) is 4.28. The molecule has 0 aliphatic carbocycles. The number of anilines is 1. The van der Waals surface area contributed by atoms with E-state index < -0.39 is 0 Å². The first kappa shape index (κ1) is 19.6. The molecule has 9 nitrogen and oxygen atoms in total. The highest BCUT2D eigenvalue weighted by Crippen LogP contribution is 2.14. The molecule has 154 valence electrons. The van der Waals surface area contributed by atoms with Crippen LogP contribution in [-0.2, 0) is 24.4 Å². The van der Waals surface area contributed by atoms with Crippen LogP contribution in [0, 0.1) is 0 Å². The first-order chi connectivity index (χ1) is 14.7. The van der Waals surface area contributed by atoms with Gasteiger partial charge in [-0.15, -0.1) is 5.10 Å². The third-order valence-corrected chi connectivity index (χ3v) is 4.77. The van der Waals surface area contributed by atoms with Gasteiger partial charge in [0.1, 0.15) is 6.33 Å². The number of fused-ring (bicyclic) bond motifs is 1. The molecule has 4 rings (SSSR count). The zero-order valence-electron chi connectivity index (χ0n) is 16.7. The number of amides is 1. The average Bonchev–Trinajstić information content (AvgIpc) is 3.30. The average molecular weight is 405 g/mol. The van der Waals surface area contributed by atoms with Crippen molar-refractivity contribution < 1.29 is 4.79 Å². The molecular weight excluding hydrogens is 382 g/mol. The number of aromatic nitrogens is 6. The molecule has 4 aromatic rings. The summed E-state index contributed by atoms with van der Waals surface area (Å²) >= 11 is 0. The van der Waals surface area contributed by atoms with Crippen LogP contribution < -0.4 is 11.0 Å². The van der Waals surface area contributed by atoms with E-state index in [1.165, 1.54) is 0 Å². The maximum Gasteiger partial charge on any atom is 0.329 e. The summed E-state index contributed by atoms with van der Waals surface area (Å²) in [4.78, 5) is 33.6. The van der Waals surface area contributed by atoms with Gasteiger partial charge < -0.3 is 0 Å². The molecule has 0 unspecified atom stereocenters. The van der Waals surface area contributed by atoms with E-state index >= 15 is 0 Å². The zero-order chi connectivity index (χ0) is 20.9. The van der Waals surface area contributed by atoms with Crippen LogP contribution in [-0.4, -0.2) is 34.8 Å². The van der Waals surface area contributed by atoms with E-state index in [4.69, 9.17) is 0 Å². The first-order valence-corrected chi connectivity index (χ1v) is 9.93. The summed E-state index contributed by atoms with van der Waals surface area (Å²) in [7, 11) is 0. The summed E-state index contributed by atoms with van der Waals surface area (Å²) < 4.78 is 5.02. The van der Waals surface area contributed by atoms with Gasteiger partial charge in [-0.1, -0.05) is 25.1 Å². The third-order valence-electron chi connectivity index (χ3n) is 4.77. The number of rotatable bonds is 8. The fraction of sp³-hybridized carbons (Fsp3) is 0.286. The van der Waals surface area contributed by atoms with E-state index in [9.17, 15) is 9.59 Å². The zero-order valence-corrected chi connectivity index (χ0v) is 16.7. The highest BCUT2D eigenvalue weighted by atomic mass is 16.2. The van der Waals surface area contributed by atoms with Crippen LogP contribution in [0.15, 0.2) is 59.8 Å². The van der Waals surface area contributed by atoms with Gasteiger partial charge in [0, 0.05) is 25.7 Å². The van der Waals surface area contributed by atoms with Crippen molar-refractivity contribution in [2.24, 2.45) is 0 Å². The van der Waals surface area contributed by atoms with Gasteiger partial charge in [0.05, 0.1) is 23.3 Å². The van der Waals surface area contributed by atoms with E-state index in [1.807, 2.05) is 49.4 Å². The van der Waals surface area contributed by atoms with Crippen LogP contribution in [0.2, 0.25) is 0 Å². The molecule has 0 atom stereocenters. The first-order valence-electron chi connectivity index (χ1n) is 9.93. The molecule has 0 bridgehead atoms. The Morgan fingerprint density at radius 2 is 1.73 bits per heavy atom. The van der Waals surface area contributed by atoms with Crippen molar-refractivity contribution in [2.45, 2.75) is 39.4 Å².